The Labute approximate surface area is 175 Å². The van der Waals surface area contributed by atoms with Crippen molar-refractivity contribution < 1.29 is 13.2 Å². The molecule has 3 aromatic rings. The van der Waals surface area contributed by atoms with Gasteiger partial charge in [-0.2, -0.15) is 0 Å². The summed E-state index contributed by atoms with van der Waals surface area (Å²) in [6.07, 6.45) is 7.62. The fourth-order valence-corrected chi connectivity index (χ4v) is 4.48. The highest BCUT2D eigenvalue weighted by Gasteiger charge is 2.24. The van der Waals surface area contributed by atoms with Crippen LogP contribution in [-0.2, 0) is 14.6 Å². The molecule has 0 radical (unpaired) electrons. The van der Waals surface area contributed by atoms with E-state index >= 15 is 0 Å². The molecule has 0 unspecified atom stereocenters. The predicted molar refractivity (Wildman–Crippen MR) is 116 cm³/mol. The van der Waals surface area contributed by atoms with Crippen LogP contribution in [0, 0.1) is 0 Å². The molecule has 1 atom stereocenters. The molecule has 30 heavy (non-hydrogen) atoms. The standard InChI is InChI=1S/C21H23N5O3S/c1-3-18(27)26-9-5-7-15(12-26)25-21-19-17(11-22-20(19)23-13-24-21)14-6-4-8-16(10-14)30(2,28)29/h3-4,6,8,10-11,13,15H,1,5,7,9,12H2,2H3,(H2,22,23,24,25)/t15-/m1/s1. The number of benzene rings is 1. The monoisotopic (exact) mass is 425 g/mol. The Kier molecular flexibility index (Phi) is 5.29. The number of anilines is 1. The lowest BCUT2D eigenvalue weighted by atomic mass is 10.0. The summed E-state index contributed by atoms with van der Waals surface area (Å²) in [7, 11) is -3.32. The second-order valence-electron chi connectivity index (χ2n) is 7.42. The Morgan fingerprint density at radius 1 is 1.37 bits per heavy atom. The molecule has 3 heterocycles. The maximum Gasteiger partial charge on any atom is 0.246 e. The first kappa shape index (κ1) is 20.1. The third-order valence-corrected chi connectivity index (χ3v) is 6.40. The van der Waals surface area contributed by atoms with E-state index in [1.54, 1.807) is 29.3 Å². The average molecular weight is 426 g/mol. The van der Waals surface area contributed by atoms with E-state index in [9.17, 15) is 13.2 Å². The van der Waals surface area contributed by atoms with Gasteiger partial charge < -0.3 is 15.2 Å². The topological polar surface area (TPSA) is 108 Å². The summed E-state index contributed by atoms with van der Waals surface area (Å²) in [6, 6.07) is 6.86. The number of rotatable bonds is 5. The lowest BCUT2D eigenvalue weighted by Gasteiger charge is -2.32. The molecular weight excluding hydrogens is 402 g/mol. The van der Waals surface area contributed by atoms with Crippen LogP contribution in [0.1, 0.15) is 12.8 Å². The summed E-state index contributed by atoms with van der Waals surface area (Å²) in [5, 5.41) is 4.24. The fourth-order valence-electron chi connectivity index (χ4n) is 3.81. The van der Waals surface area contributed by atoms with Crippen molar-refractivity contribution in [2.24, 2.45) is 0 Å². The Bertz CT molecular complexity index is 1220. The van der Waals surface area contributed by atoms with Crippen LogP contribution in [0.3, 0.4) is 0 Å². The summed E-state index contributed by atoms with van der Waals surface area (Å²) in [5.41, 5.74) is 2.23. The van der Waals surface area contributed by atoms with Crippen molar-refractivity contribution in [3.05, 3.63) is 49.4 Å². The van der Waals surface area contributed by atoms with Gasteiger partial charge in [0, 0.05) is 37.1 Å². The third kappa shape index (κ3) is 3.93. The fraction of sp³-hybridized carbons (Fsp3) is 0.286. The van der Waals surface area contributed by atoms with Gasteiger partial charge in [-0.3, -0.25) is 4.79 Å². The first-order valence-electron chi connectivity index (χ1n) is 9.67. The second kappa shape index (κ2) is 7.91. The molecule has 1 amide bonds. The predicted octanol–water partition coefficient (Wildman–Crippen LogP) is 2.62. The second-order valence-corrected chi connectivity index (χ2v) is 9.44. The molecule has 0 aliphatic carbocycles. The Morgan fingerprint density at radius 3 is 2.97 bits per heavy atom. The zero-order valence-electron chi connectivity index (χ0n) is 16.6. The van der Waals surface area contributed by atoms with Gasteiger partial charge in [0.2, 0.25) is 5.91 Å². The van der Waals surface area contributed by atoms with Crippen molar-refractivity contribution in [1.29, 1.82) is 0 Å². The van der Waals surface area contributed by atoms with Gasteiger partial charge in [-0.25, -0.2) is 18.4 Å². The van der Waals surface area contributed by atoms with Crippen molar-refractivity contribution in [1.82, 2.24) is 19.9 Å². The molecule has 156 valence electrons. The molecule has 2 N–H and O–H groups in total. The van der Waals surface area contributed by atoms with Gasteiger partial charge >= 0.3 is 0 Å². The number of hydrogen-bond donors (Lipinski definition) is 2. The summed E-state index contributed by atoms with van der Waals surface area (Å²) < 4.78 is 23.9. The van der Waals surface area contributed by atoms with Gasteiger partial charge in [0.05, 0.1) is 10.3 Å². The first-order valence-corrected chi connectivity index (χ1v) is 11.6. The van der Waals surface area contributed by atoms with E-state index in [1.165, 1.54) is 18.7 Å². The molecule has 0 saturated carbocycles. The minimum absolute atomic E-state index is 0.0471. The average Bonchev–Trinajstić information content (AvgIpc) is 3.18. The molecule has 8 nitrogen and oxygen atoms in total. The number of fused-ring (bicyclic) bond motifs is 1. The Balaban J connectivity index is 1.70. The van der Waals surface area contributed by atoms with Crippen molar-refractivity contribution in [2.75, 3.05) is 24.7 Å². The number of carbonyl (C=O) groups excluding carboxylic acids is 1. The molecule has 4 rings (SSSR count). The lowest BCUT2D eigenvalue weighted by Crippen LogP contribution is -2.44. The number of carbonyl (C=O) groups is 1. The zero-order valence-corrected chi connectivity index (χ0v) is 17.4. The minimum Gasteiger partial charge on any atom is -0.365 e. The van der Waals surface area contributed by atoms with Crippen LogP contribution in [-0.4, -0.2) is 59.6 Å². The van der Waals surface area contributed by atoms with Crippen molar-refractivity contribution in [3.8, 4) is 11.1 Å². The Morgan fingerprint density at radius 2 is 2.20 bits per heavy atom. The maximum atomic E-state index is 12.0. The summed E-state index contributed by atoms with van der Waals surface area (Å²) in [4.78, 5) is 25.9. The van der Waals surface area contributed by atoms with E-state index in [4.69, 9.17) is 0 Å². The van der Waals surface area contributed by atoms with Crippen LogP contribution >= 0.6 is 0 Å². The van der Waals surface area contributed by atoms with Crippen molar-refractivity contribution >= 4 is 32.6 Å². The number of hydrogen-bond acceptors (Lipinski definition) is 6. The van der Waals surface area contributed by atoms with E-state index in [-0.39, 0.29) is 16.8 Å². The van der Waals surface area contributed by atoms with Crippen molar-refractivity contribution in [3.63, 3.8) is 0 Å². The van der Waals surface area contributed by atoms with Gasteiger partial charge in [-0.15, -0.1) is 0 Å². The summed E-state index contributed by atoms with van der Waals surface area (Å²) in [5.74, 6) is 0.577. The molecule has 1 aromatic carbocycles. The SMILES string of the molecule is C=CC(=O)N1CCC[C@@H](Nc2ncnc3[nH]cc(-c4cccc(S(C)(=O)=O)c4)c23)C1. The molecule has 9 heteroatoms. The third-order valence-electron chi connectivity index (χ3n) is 5.29. The number of sulfone groups is 1. The number of nitrogens with one attached hydrogen (secondary N) is 2. The van der Waals surface area contributed by atoms with E-state index in [2.05, 4.69) is 26.8 Å². The lowest BCUT2D eigenvalue weighted by molar-refractivity contribution is -0.127. The normalized spacial score (nSPS) is 17.1. The van der Waals surface area contributed by atoms with Crippen molar-refractivity contribution in [2.45, 2.75) is 23.8 Å². The van der Waals surface area contributed by atoms with Crippen LogP contribution in [0.2, 0.25) is 0 Å². The van der Waals surface area contributed by atoms with Crippen LogP contribution in [0.4, 0.5) is 5.82 Å². The van der Waals surface area contributed by atoms with E-state index in [0.29, 0.717) is 18.0 Å². The number of likely N-dealkylation sites (tertiary alicyclic amines) is 1. The molecule has 1 saturated heterocycles. The maximum absolute atomic E-state index is 12.0. The molecule has 1 aliphatic rings. The van der Waals surface area contributed by atoms with Crippen LogP contribution in [0.25, 0.3) is 22.2 Å². The van der Waals surface area contributed by atoms with E-state index < -0.39 is 9.84 Å². The van der Waals surface area contributed by atoms with Crippen LogP contribution < -0.4 is 5.32 Å². The number of aromatic nitrogens is 3. The van der Waals surface area contributed by atoms with E-state index in [0.717, 1.165) is 35.9 Å². The van der Waals surface area contributed by atoms with Gasteiger partial charge in [-0.05, 0) is 36.6 Å². The van der Waals surface area contributed by atoms with Crippen LogP contribution in [0.5, 0.6) is 0 Å². The first-order chi connectivity index (χ1) is 14.4. The van der Waals surface area contributed by atoms with E-state index in [1.807, 2.05) is 6.07 Å². The molecule has 1 aliphatic heterocycles. The number of H-pyrrole nitrogens is 1. The van der Waals surface area contributed by atoms with Gasteiger partial charge in [-0.1, -0.05) is 18.7 Å². The number of amides is 1. The highest BCUT2D eigenvalue weighted by atomic mass is 32.2. The van der Waals surface area contributed by atoms with Crippen LogP contribution in [0.15, 0.2) is 54.3 Å². The Hall–Kier alpha value is -3.20. The number of nitrogens with zero attached hydrogens (tertiary/aromatic N) is 3. The molecule has 0 bridgehead atoms. The minimum atomic E-state index is -3.32. The van der Waals surface area contributed by atoms with Gasteiger partial charge in [0.1, 0.15) is 17.8 Å². The molecule has 1 fully saturated rings. The zero-order chi connectivity index (χ0) is 21.3. The summed E-state index contributed by atoms with van der Waals surface area (Å²) in [6.45, 7) is 4.86. The van der Waals surface area contributed by atoms with Gasteiger partial charge in [0.15, 0.2) is 9.84 Å². The highest BCUT2D eigenvalue weighted by Crippen LogP contribution is 2.33. The molecular formula is C21H23N5O3S. The summed E-state index contributed by atoms with van der Waals surface area (Å²) >= 11 is 0. The molecule has 0 spiro atoms. The number of aromatic amines is 1. The smallest absolute Gasteiger partial charge is 0.246 e. The largest absolute Gasteiger partial charge is 0.365 e. The number of piperidine rings is 1. The van der Waals surface area contributed by atoms with Gasteiger partial charge in [0.25, 0.3) is 0 Å². The quantitative estimate of drug-likeness (QED) is 0.609. The highest BCUT2D eigenvalue weighted by molar-refractivity contribution is 7.90. The molecule has 2 aromatic heterocycles.